The molecule has 2 amide bonds. The van der Waals surface area contributed by atoms with E-state index in [1.807, 2.05) is 68.1 Å². The van der Waals surface area contributed by atoms with Crippen molar-refractivity contribution in [3.05, 3.63) is 54.2 Å². The van der Waals surface area contributed by atoms with Crippen molar-refractivity contribution in [1.29, 1.82) is 0 Å². The number of carbonyl (C=O) groups excluding carboxylic acids is 2. The van der Waals surface area contributed by atoms with Gasteiger partial charge in [-0.25, -0.2) is 14.7 Å². The Labute approximate surface area is 172 Å². The van der Waals surface area contributed by atoms with E-state index in [4.69, 9.17) is 4.74 Å². The van der Waals surface area contributed by atoms with Crippen LogP contribution in [0.3, 0.4) is 0 Å². The largest absolute Gasteiger partial charge is 0.443 e. The molecule has 0 N–H and O–H groups in total. The summed E-state index contributed by atoms with van der Waals surface area (Å²) >= 11 is 0. The predicted octanol–water partition coefficient (Wildman–Crippen LogP) is 5.23. The zero-order valence-corrected chi connectivity index (χ0v) is 17.6. The fraction of sp³-hybridized carbons (Fsp3) is 0.435. The number of pyridine rings is 1. The molecule has 1 aromatic carbocycles. The van der Waals surface area contributed by atoms with Crippen LogP contribution in [0.15, 0.2) is 48.7 Å². The van der Waals surface area contributed by atoms with Gasteiger partial charge in [0.25, 0.3) is 0 Å². The molecule has 0 aliphatic carbocycles. The SMILES string of the molecule is CC(=O)N1CCCC[C@@H]1c1ccc(N(C(=O)OC(C)(C)C)c2ccccc2)nc1. The van der Waals surface area contributed by atoms with E-state index >= 15 is 0 Å². The molecule has 1 fully saturated rings. The number of hydrogen-bond acceptors (Lipinski definition) is 4. The van der Waals surface area contributed by atoms with E-state index in [0.29, 0.717) is 11.5 Å². The normalized spacial score (nSPS) is 17.0. The Hall–Kier alpha value is -2.89. The van der Waals surface area contributed by atoms with E-state index < -0.39 is 11.7 Å². The second kappa shape index (κ2) is 8.64. The third kappa shape index (κ3) is 5.13. The van der Waals surface area contributed by atoms with Crippen LogP contribution < -0.4 is 4.90 Å². The van der Waals surface area contributed by atoms with Crippen molar-refractivity contribution in [1.82, 2.24) is 9.88 Å². The summed E-state index contributed by atoms with van der Waals surface area (Å²) < 4.78 is 5.60. The number of benzene rings is 1. The highest BCUT2D eigenvalue weighted by atomic mass is 16.6. The van der Waals surface area contributed by atoms with Crippen LogP contribution in [0.1, 0.15) is 58.6 Å². The first-order valence-electron chi connectivity index (χ1n) is 10.1. The lowest BCUT2D eigenvalue weighted by atomic mass is 9.96. The van der Waals surface area contributed by atoms with Gasteiger partial charge in [-0.2, -0.15) is 0 Å². The maximum Gasteiger partial charge on any atom is 0.420 e. The molecular weight excluding hydrogens is 366 g/mol. The van der Waals surface area contributed by atoms with Gasteiger partial charge < -0.3 is 9.64 Å². The fourth-order valence-electron chi connectivity index (χ4n) is 3.60. The minimum Gasteiger partial charge on any atom is -0.443 e. The van der Waals surface area contributed by atoms with Gasteiger partial charge in [0.15, 0.2) is 0 Å². The number of rotatable bonds is 3. The molecule has 1 aliphatic rings. The second-order valence-corrected chi connectivity index (χ2v) is 8.33. The van der Waals surface area contributed by atoms with Crippen LogP contribution in [-0.2, 0) is 9.53 Å². The van der Waals surface area contributed by atoms with Gasteiger partial charge in [-0.05, 0) is 63.8 Å². The first-order valence-corrected chi connectivity index (χ1v) is 10.1. The monoisotopic (exact) mass is 395 g/mol. The summed E-state index contributed by atoms with van der Waals surface area (Å²) in [6, 6.07) is 13.1. The summed E-state index contributed by atoms with van der Waals surface area (Å²) in [6.45, 7) is 7.90. The number of anilines is 2. The zero-order chi connectivity index (χ0) is 21.0. The van der Waals surface area contributed by atoms with Gasteiger partial charge in [-0.15, -0.1) is 0 Å². The summed E-state index contributed by atoms with van der Waals surface area (Å²) in [4.78, 5) is 32.8. The van der Waals surface area contributed by atoms with Crippen molar-refractivity contribution in [3.8, 4) is 0 Å². The minimum atomic E-state index is -0.617. The number of amides is 2. The molecule has 6 heteroatoms. The summed E-state index contributed by atoms with van der Waals surface area (Å²) in [5.41, 5.74) is 1.06. The molecule has 0 bridgehead atoms. The first kappa shape index (κ1) is 20.8. The maximum atomic E-state index is 12.9. The Kier molecular flexibility index (Phi) is 6.20. The Morgan fingerprint density at radius 2 is 1.83 bits per heavy atom. The highest BCUT2D eigenvalue weighted by molar-refractivity contribution is 5.95. The molecule has 2 aromatic rings. The molecule has 1 aromatic heterocycles. The number of carbonyl (C=O) groups is 2. The molecule has 154 valence electrons. The molecule has 0 saturated carbocycles. The Morgan fingerprint density at radius 3 is 2.41 bits per heavy atom. The smallest absolute Gasteiger partial charge is 0.420 e. The molecule has 29 heavy (non-hydrogen) atoms. The molecule has 3 rings (SSSR count). The lowest BCUT2D eigenvalue weighted by Gasteiger charge is -2.35. The van der Waals surface area contributed by atoms with Crippen molar-refractivity contribution in [3.63, 3.8) is 0 Å². The number of ether oxygens (including phenoxy) is 1. The lowest BCUT2D eigenvalue weighted by molar-refractivity contribution is -0.132. The standard InChI is InChI=1S/C23H29N3O3/c1-17(27)25-15-9-8-12-20(25)18-13-14-21(24-16-18)26(19-10-6-5-7-11-19)22(28)29-23(2,3)4/h5-7,10-11,13-14,16,20H,8-9,12,15H2,1-4H3/t20-/m1/s1. The third-order valence-electron chi connectivity index (χ3n) is 4.88. The van der Waals surface area contributed by atoms with Crippen molar-refractivity contribution in [2.24, 2.45) is 0 Å². The predicted molar refractivity (Wildman–Crippen MR) is 113 cm³/mol. The van der Waals surface area contributed by atoms with Gasteiger partial charge in [0.2, 0.25) is 5.91 Å². The average molecular weight is 396 g/mol. The van der Waals surface area contributed by atoms with Crippen molar-refractivity contribution in [2.75, 3.05) is 11.4 Å². The van der Waals surface area contributed by atoms with Crippen LogP contribution in [0.25, 0.3) is 0 Å². The quantitative estimate of drug-likeness (QED) is 0.714. The van der Waals surface area contributed by atoms with Crippen molar-refractivity contribution < 1.29 is 14.3 Å². The average Bonchev–Trinajstić information content (AvgIpc) is 2.68. The number of para-hydroxylation sites is 1. The molecule has 0 radical (unpaired) electrons. The summed E-state index contributed by atoms with van der Waals surface area (Å²) in [5, 5.41) is 0. The Bertz CT molecular complexity index is 844. The van der Waals surface area contributed by atoms with Gasteiger partial charge in [-0.1, -0.05) is 24.3 Å². The topological polar surface area (TPSA) is 62.7 Å². The molecule has 0 unspecified atom stereocenters. The lowest BCUT2D eigenvalue weighted by Crippen LogP contribution is -2.37. The van der Waals surface area contributed by atoms with Crippen LogP contribution in [0.4, 0.5) is 16.3 Å². The molecule has 1 saturated heterocycles. The van der Waals surface area contributed by atoms with Gasteiger partial charge >= 0.3 is 6.09 Å². The minimum absolute atomic E-state index is 0.0366. The van der Waals surface area contributed by atoms with E-state index in [2.05, 4.69) is 4.98 Å². The number of aromatic nitrogens is 1. The van der Waals surface area contributed by atoms with Crippen LogP contribution in [0.2, 0.25) is 0 Å². The summed E-state index contributed by atoms with van der Waals surface area (Å²) in [7, 11) is 0. The zero-order valence-electron chi connectivity index (χ0n) is 17.6. The molecule has 2 heterocycles. The molecule has 1 aliphatic heterocycles. The van der Waals surface area contributed by atoms with Crippen molar-refractivity contribution in [2.45, 2.75) is 58.6 Å². The number of likely N-dealkylation sites (tertiary alicyclic amines) is 1. The van der Waals surface area contributed by atoms with Gasteiger partial charge in [0.05, 0.1) is 11.7 Å². The van der Waals surface area contributed by atoms with Crippen LogP contribution in [-0.4, -0.2) is 34.0 Å². The molecule has 0 spiro atoms. The third-order valence-corrected chi connectivity index (χ3v) is 4.88. The molecule has 6 nitrogen and oxygen atoms in total. The Balaban J connectivity index is 1.91. The van der Waals surface area contributed by atoms with Gasteiger partial charge in [0, 0.05) is 19.7 Å². The highest BCUT2D eigenvalue weighted by Crippen LogP contribution is 2.32. The van der Waals surface area contributed by atoms with Gasteiger partial charge in [0.1, 0.15) is 11.4 Å². The van der Waals surface area contributed by atoms with Crippen LogP contribution in [0, 0.1) is 0 Å². The van der Waals surface area contributed by atoms with E-state index in [1.54, 1.807) is 13.1 Å². The second-order valence-electron chi connectivity index (χ2n) is 8.33. The molecule has 1 atom stereocenters. The van der Waals surface area contributed by atoms with Crippen molar-refractivity contribution >= 4 is 23.5 Å². The van der Waals surface area contributed by atoms with Crippen LogP contribution in [0.5, 0.6) is 0 Å². The van der Waals surface area contributed by atoms with E-state index in [-0.39, 0.29) is 11.9 Å². The first-order chi connectivity index (χ1) is 13.8. The van der Waals surface area contributed by atoms with Crippen LogP contribution >= 0.6 is 0 Å². The van der Waals surface area contributed by atoms with E-state index in [9.17, 15) is 9.59 Å². The summed E-state index contributed by atoms with van der Waals surface area (Å²) in [6.07, 6.45) is 4.33. The number of piperidine rings is 1. The highest BCUT2D eigenvalue weighted by Gasteiger charge is 2.28. The van der Waals surface area contributed by atoms with E-state index in [0.717, 1.165) is 31.4 Å². The van der Waals surface area contributed by atoms with E-state index in [1.165, 1.54) is 4.90 Å². The molecular formula is C23H29N3O3. The fourth-order valence-corrected chi connectivity index (χ4v) is 3.60. The number of hydrogen-bond donors (Lipinski definition) is 0. The summed E-state index contributed by atoms with van der Waals surface area (Å²) in [5.74, 6) is 0.567. The maximum absolute atomic E-state index is 12.9. The van der Waals surface area contributed by atoms with Gasteiger partial charge in [-0.3, -0.25) is 4.79 Å². The number of nitrogens with zero attached hydrogens (tertiary/aromatic N) is 3. The Morgan fingerprint density at radius 1 is 1.10 bits per heavy atom.